The fraction of sp³-hybridized carbons (Fsp3) is 0.700. The molecule has 0 aromatic heterocycles. The third-order valence-corrected chi connectivity index (χ3v) is 2.00. The van der Waals surface area contributed by atoms with Crippen molar-refractivity contribution in [3.8, 4) is 0 Å². The van der Waals surface area contributed by atoms with E-state index in [0.29, 0.717) is 0 Å². The van der Waals surface area contributed by atoms with Gasteiger partial charge in [-0.3, -0.25) is 14.4 Å². The zero-order valence-corrected chi connectivity index (χ0v) is 9.78. The van der Waals surface area contributed by atoms with Gasteiger partial charge in [-0.1, -0.05) is 6.92 Å². The maximum Gasteiger partial charge on any atom is 0.308 e. The van der Waals surface area contributed by atoms with Gasteiger partial charge in [0.1, 0.15) is 6.04 Å². The first-order chi connectivity index (χ1) is 7.38. The Labute approximate surface area is 94.5 Å². The number of carbonyl (C=O) groups is 3. The lowest BCUT2D eigenvalue weighted by Crippen LogP contribution is -2.45. The van der Waals surface area contributed by atoms with Crippen molar-refractivity contribution in [2.75, 3.05) is 6.61 Å². The number of carbonyl (C=O) groups excluding carboxylic acids is 3. The summed E-state index contributed by atoms with van der Waals surface area (Å²) in [6, 6.07) is -0.836. The van der Waals surface area contributed by atoms with Crippen molar-refractivity contribution in [1.29, 1.82) is 0 Å². The molecule has 92 valence electrons. The standard InChI is InChI=1S/C10H18N2O4/c1-4-16-10(15)6(2)5-8(9(11)14)12-7(3)13/h6,8H,4-5H2,1-3H3,(H2,11,14)(H,12,13)/t6-,8-/m0/s1. The molecule has 0 aliphatic rings. The van der Waals surface area contributed by atoms with E-state index in [0.717, 1.165) is 0 Å². The highest BCUT2D eigenvalue weighted by atomic mass is 16.5. The van der Waals surface area contributed by atoms with Crippen molar-refractivity contribution >= 4 is 17.8 Å². The highest BCUT2D eigenvalue weighted by Gasteiger charge is 2.24. The van der Waals surface area contributed by atoms with Crippen molar-refractivity contribution < 1.29 is 19.1 Å². The van der Waals surface area contributed by atoms with Crippen LogP contribution >= 0.6 is 0 Å². The van der Waals surface area contributed by atoms with Crippen LogP contribution in [0.5, 0.6) is 0 Å². The summed E-state index contributed by atoms with van der Waals surface area (Å²) in [6.07, 6.45) is 0.147. The number of ether oxygens (including phenoxy) is 1. The van der Waals surface area contributed by atoms with Gasteiger partial charge >= 0.3 is 5.97 Å². The third kappa shape index (κ3) is 5.33. The number of hydrogen-bond acceptors (Lipinski definition) is 4. The van der Waals surface area contributed by atoms with Crippen LogP contribution in [-0.4, -0.2) is 30.4 Å². The molecule has 0 spiro atoms. The largest absolute Gasteiger partial charge is 0.466 e. The monoisotopic (exact) mass is 230 g/mol. The molecule has 0 saturated heterocycles. The molecule has 3 N–H and O–H groups in total. The summed E-state index contributed by atoms with van der Waals surface area (Å²) in [5.74, 6) is -1.91. The van der Waals surface area contributed by atoms with Gasteiger partial charge in [-0.25, -0.2) is 0 Å². The zero-order chi connectivity index (χ0) is 12.7. The highest BCUT2D eigenvalue weighted by molar-refractivity contribution is 5.86. The first-order valence-corrected chi connectivity index (χ1v) is 5.11. The van der Waals surface area contributed by atoms with Gasteiger partial charge in [-0.2, -0.15) is 0 Å². The summed E-state index contributed by atoms with van der Waals surface area (Å²) < 4.78 is 4.79. The average Bonchev–Trinajstić information content (AvgIpc) is 2.16. The lowest BCUT2D eigenvalue weighted by atomic mass is 10.0. The van der Waals surface area contributed by atoms with Crippen LogP contribution < -0.4 is 11.1 Å². The lowest BCUT2D eigenvalue weighted by Gasteiger charge is -2.17. The number of amides is 2. The molecule has 0 aliphatic heterocycles. The maximum atomic E-state index is 11.3. The van der Waals surface area contributed by atoms with E-state index in [4.69, 9.17) is 10.5 Å². The van der Waals surface area contributed by atoms with Crippen LogP contribution in [0.15, 0.2) is 0 Å². The number of nitrogens with two attached hydrogens (primary N) is 1. The average molecular weight is 230 g/mol. The Kier molecular flexibility index (Phi) is 6.14. The van der Waals surface area contributed by atoms with Gasteiger partial charge in [-0.15, -0.1) is 0 Å². The van der Waals surface area contributed by atoms with Crippen molar-refractivity contribution in [2.24, 2.45) is 11.7 Å². The van der Waals surface area contributed by atoms with Gasteiger partial charge < -0.3 is 15.8 Å². The van der Waals surface area contributed by atoms with Gasteiger partial charge in [0.05, 0.1) is 12.5 Å². The predicted molar refractivity (Wildman–Crippen MR) is 57.2 cm³/mol. The van der Waals surface area contributed by atoms with E-state index in [1.807, 2.05) is 0 Å². The zero-order valence-electron chi connectivity index (χ0n) is 9.78. The minimum absolute atomic E-state index is 0.147. The van der Waals surface area contributed by atoms with Crippen LogP contribution in [0.2, 0.25) is 0 Å². The molecule has 0 aliphatic carbocycles. The Morgan fingerprint density at radius 2 is 1.94 bits per heavy atom. The fourth-order valence-corrected chi connectivity index (χ4v) is 1.23. The summed E-state index contributed by atoms with van der Waals surface area (Å²) in [6.45, 7) is 4.88. The molecule has 0 radical (unpaired) electrons. The molecule has 16 heavy (non-hydrogen) atoms. The van der Waals surface area contributed by atoms with E-state index in [1.54, 1.807) is 13.8 Å². The molecule has 0 bridgehead atoms. The Balaban J connectivity index is 4.33. The van der Waals surface area contributed by atoms with Crippen molar-refractivity contribution in [2.45, 2.75) is 33.2 Å². The second kappa shape index (κ2) is 6.81. The molecule has 0 heterocycles. The molecule has 0 rings (SSSR count). The first-order valence-electron chi connectivity index (χ1n) is 5.11. The molecule has 0 aromatic carbocycles. The molecular weight excluding hydrogens is 212 g/mol. The van der Waals surface area contributed by atoms with E-state index < -0.39 is 23.8 Å². The minimum Gasteiger partial charge on any atom is -0.466 e. The van der Waals surface area contributed by atoms with Gasteiger partial charge in [0.25, 0.3) is 0 Å². The fourth-order valence-electron chi connectivity index (χ4n) is 1.23. The Morgan fingerprint density at radius 3 is 2.31 bits per heavy atom. The summed E-state index contributed by atoms with van der Waals surface area (Å²) in [5, 5.41) is 2.39. The van der Waals surface area contributed by atoms with Crippen molar-refractivity contribution in [1.82, 2.24) is 5.32 Å². The van der Waals surface area contributed by atoms with Gasteiger partial charge in [-0.05, 0) is 13.3 Å². The van der Waals surface area contributed by atoms with Gasteiger partial charge in [0.2, 0.25) is 11.8 Å². The van der Waals surface area contributed by atoms with E-state index in [-0.39, 0.29) is 18.9 Å². The number of nitrogens with one attached hydrogen (secondary N) is 1. The van der Waals surface area contributed by atoms with Crippen LogP contribution in [0.4, 0.5) is 0 Å². The Morgan fingerprint density at radius 1 is 1.38 bits per heavy atom. The molecular formula is C10H18N2O4. The molecule has 2 amide bonds. The van der Waals surface area contributed by atoms with Gasteiger partial charge in [0, 0.05) is 6.92 Å². The number of rotatable bonds is 6. The maximum absolute atomic E-state index is 11.3. The normalized spacial score (nSPS) is 13.7. The van der Waals surface area contributed by atoms with E-state index in [1.165, 1.54) is 6.92 Å². The number of primary amides is 1. The Hall–Kier alpha value is -1.59. The van der Waals surface area contributed by atoms with Crippen LogP contribution in [0.25, 0.3) is 0 Å². The summed E-state index contributed by atoms with van der Waals surface area (Å²) in [5.41, 5.74) is 5.10. The SMILES string of the molecule is CCOC(=O)[C@@H](C)C[C@H](NC(C)=O)C(N)=O. The third-order valence-electron chi connectivity index (χ3n) is 2.00. The minimum atomic E-state index is -0.836. The molecule has 6 nitrogen and oxygen atoms in total. The highest BCUT2D eigenvalue weighted by Crippen LogP contribution is 2.08. The van der Waals surface area contributed by atoms with E-state index >= 15 is 0 Å². The van der Waals surface area contributed by atoms with E-state index in [9.17, 15) is 14.4 Å². The first kappa shape index (κ1) is 14.4. The summed E-state index contributed by atoms with van der Waals surface area (Å²) >= 11 is 0. The second-order valence-electron chi connectivity index (χ2n) is 3.54. The van der Waals surface area contributed by atoms with Crippen LogP contribution in [-0.2, 0) is 19.1 Å². The van der Waals surface area contributed by atoms with Crippen molar-refractivity contribution in [3.05, 3.63) is 0 Å². The van der Waals surface area contributed by atoms with Crippen molar-refractivity contribution in [3.63, 3.8) is 0 Å². The molecule has 0 unspecified atom stereocenters. The van der Waals surface area contributed by atoms with Gasteiger partial charge in [0.15, 0.2) is 0 Å². The molecule has 0 saturated carbocycles. The number of esters is 1. The molecule has 0 fully saturated rings. The number of hydrogen-bond donors (Lipinski definition) is 2. The summed E-state index contributed by atoms with van der Waals surface area (Å²) in [7, 11) is 0. The second-order valence-corrected chi connectivity index (χ2v) is 3.54. The topological polar surface area (TPSA) is 98.5 Å². The van der Waals surface area contributed by atoms with E-state index in [2.05, 4.69) is 5.32 Å². The molecule has 6 heteroatoms. The van der Waals surface area contributed by atoms with Crippen LogP contribution in [0, 0.1) is 5.92 Å². The lowest BCUT2D eigenvalue weighted by molar-refractivity contribution is -0.148. The predicted octanol–water partition coefficient (Wildman–Crippen LogP) is -0.434. The Bertz CT molecular complexity index is 278. The molecule has 0 aromatic rings. The summed E-state index contributed by atoms with van der Waals surface area (Å²) in [4.78, 5) is 33.1. The molecule has 2 atom stereocenters. The quantitative estimate of drug-likeness (QED) is 0.604. The van der Waals surface area contributed by atoms with Crippen LogP contribution in [0.3, 0.4) is 0 Å². The smallest absolute Gasteiger partial charge is 0.308 e. The van der Waals surface area contributed by atoms with Crippen LogP contribution in [0.1, 0.15) is 27.2 Å².